The van der Waals surface area contributed by atoms with Crippen LogP contribution in [0, 0.1) is 0 Å². The molecular formula is C19H23N5O. The monoisotopic (exact) mass is 337 g/mol. The fourth-order valence-electron chi connectivity index (χ4n) is 3.54. The molecule has 0 aliphatic carbocycles. The van der Waals surface area contributed by atoms with E-state index in [9.17, 15) is 4.79 Å². The highest BCUT2D eigenvalue weighted by atomic mass is 16.2. The van der Waals surface area contributed by atoms with Gasteiger partial charge in [-0.05, 0) is 43.2 Å². The van der Waals surface area contributed by atoms with Gasteiger partial charge in [0.2, 0.25) is 5.95 Å². The smallest absolute Gasteiger partial charge is 0.253 e. The number of amides is 1. The van der Waals surface area contributed by atoms with Crippen molar-refractivity contribution in [2.24, 2.45) is 0 Å². The topological polar surface area (TPSA) is 52.6 Å². The van der Waals surface area contributed by atoms with Crippen LogP contribution in [-0.4, -0.2) is 60.0 Å². The molecule has 2 aliphatic rings. The second kappa shape index (κ2) is 7.09. The Kier molecular flexibility index (Phi) is 4.50. The van der Waals surface area contributed by atoms with E-state index in [1.165, 1.54) is 18.5 Å². The maximum atomic E-state index is 12.7. The summed E-state index contributed by atoms with van der Waals surface area (Å²) in [5.74, 6) is 0.853. The fourth-order valence-corrected chi connectivity index (χ4v) is 3.54. The zero-order valence-electron chi connectivity index (χ0n) is 14.3. The highest BCUT2D eigenvalue weighted by Crippen LogP contribution is 2.21. The van der Waals surface area contributed by atoms with Gasteiger partial charge in [-0.1, -0.05) is 0 Å². The summed E-state index contributed by atoms with van der Waals surface area (Å²) in [6.45, 7) is 5.17. The predicted molar refractivity (Wildman–Crippen MR) is 98.0 cm³/mol. The van der Waals surface area contributed by atoms with Crippen LogP contribution in [0.3, 0.4) is 0 Å². The maximum Gasteiger partial charge on any atom is 0.253 e. The molecule has 0 radical (unpaired) electrons. The van der Waals surface area contributed by atoms with Crippen molar-refractivity contribution in [3.8, 4) is 0 Å². The summed E-state index contributed by atoms with van der Waals surface area (Å²) < 4.78 is 0. The highest BCUT2D eigenvalue weighted by Gasteiger charge is 2.23. The van der Waals surface area contributed by atoms with Crippen LogP contribution in [0.1, 0.15) is 23.2 Å². The Morgan fingerprint density at radius 1 is 0.800 bits per heavy atom. The van der Waals surface area contributed by atoms with Gasteiger partial charge in [-0.2, -0.15) is 0 Å². The van der Waals surface area contributed by atoms with Crippen molar-refractivity contribution in [3.05, 3.63) is 48.3 Å². The first kappa shape index (κ1) is 15.9. The molecule has 2 aliphatic heterocycles. The van der Waals surface area contributed by atoms with Crippen molar-refractivity contribution >= 4 is 17.5 Å². The molecule has 4 rings (SSSR count). The first-order valence-corrected chi connectivity index (χ1v) is 8.97. The molecule has 0 bridgehead atoms. The molecule has 0 N–H and O–H groups in total. The van der Waals surface area contributed by atoms with E-state index in [-0.39, 0.29) is 5.91 Å². The predicted octanol–water partition coefficient (Wildman–Crippen LogP) is 2.04. The van der Waals surface area contributed by atoms with Crippen LogP contribution < -0.4 is 9.80 Å². The summed E-state index contributed by atoms with van der Waals surface area (Å²) in [4.78, 5) is 27.7. The number of carbonyl (C=O) groups is 1. The third-order valence-electron chi connectivity index (χ3n) is 4.99. The number of hydrogen-bond donors (Lipinski definition) is 0. The number of piperazine rings is 1. The van der Waals surface area contributed by atoms with Crippen LogP contribution in [0.25, 0.3) is 0 Å². The molecule has 0 unspecified atom stereocenters. The molecule has 1 aromatic heterocycles. The van der Waals surface area contributed by atoms with Crippen LogP contribution in [-0.2, 0) is 0 Å². The Bertz CT molecular complexity index is 704. The second-order valence-electron chi connectivity index (χ2n) is 6.57. The van der Waals surface area contributed by atoms with Gasteiger partial charge in [-0.3, -0.25) is 4.79 Å². The lowest BCUT2D eigenvalue weighted by atomic mass is 10.1. The number of rotatable bonds is 3. The summed E-state index contributed by atoms with van der Waals surface area (Å²) in [6, 6.07) is 9.89. The Morgan fingerprint density at radius 2 is 1.44 bits per heavy atom. The lowest BCUT2D eigenvalue weighted by Gasteiger charge is -2.34. The molecule has 1 aromatic carbocycles. The minimum Gasteiger partial charge on any atom is -0.372 e. The molecule has 6 heteroatoms. The number of nitrogens with zero attached hydrogens (tertiary/aromatic N) is 5. The van der Waals surface area contributed by atoms with E-state index in [0.29, 0.717) is 13.1 Å². The minimum absolute atomic E-state index is 0.113. The number of aromatic nitrogens is 2. The Hall–Kier alpha value is -2.63. The van der Waals surface area contributed by atoms with Gasteiger partial charge in [0.05, 0.1) is 0 Å². The largest absolute Gasteiger partial charge is 0.372 e. The van der Waals surface area contributed by atoms with Crippen molar-refractivity contribution in [3.63, 3.8) is 0 Å². The number of carbonyl (C=O) groups excluding carboxylic acids is 1. The van der Waals surface area contributed by atoms with E-state index < -0.39 is 0 Å². The molecule has 130 valence electrons. The van der Waals surface area contributed by atoms with Gasteiger partial charge in [0.15, 0.2) is 0 Å². The van der Waals surface area contributed by atoms with Gasteiger partial charge < -0.3 is 14.7 Å². The summed E-state index contributed by atoms with van der Waals surface area (Å²) in [7, 11) is 0. The number of hydrogen-bond acceptors (Lipinski definition) is 5. The molecular weight excluding hydrogens is 314 g/mol. The number of benzene rings is 1. The van der Waals surface area contributed by atoms with E-state index in [4.69, 9.17) is 0 Å². The molecule has 6 nitrogen and oxygen atoms in total. The Balaban J connectivity index is 1.37. The van der Waals surface area contributed by atoms with Gasteiger partial charge in [-0.25, -0.2) is 9.97 Å². The lowest BCUT2D eigenvalue weighted by Crippen LogP contribution is -2.49. The lowest BCUT2D eigenvalue weighted by molar-refractivity contribution is 0.0746. The third-order valence-corrected chi connectivity index (χ3v) is 4.99. The van der Waals surface area contributed by atoms with Gasteiger partial charge in [0.25, 0.3) is 5.91 Å². The normalized spacial score (nSPS) is 17.8. The van der Waals surface area contributed by atoms with Crippen LogP contribution in [0.5, 0.6) is 0 Å². The van der Waals surface area contributed by atoms with Gasteiger partial charge in [0, 0.05) is 62.9 Å². The SMILES string of the molecule is O=C(c1ccc(N2CCCC2)cc1)N1CCN(c2ncccn2)CC1. The minimum atomic E-state index is 0.113. The van der Waals surface area contributed by atoms with Crippen molar-refractivity contribution in [2.75, 3.05) is 49.1 Å². The first-order chi connectivity index (χ1) is 12.3. The van der Waals surface area contributed by atoms with Crippen molar-refractivity contribution in [2.45, 2.75) is 12.8 Å². The summed E-state index contributed by atoms with van der Waals surface area (Å²) in [6.07, 6.45) is 6.02. The summed E-state index contributed by atoms with van der Waals surface area (Å²) >= 11 is 0. The molecule has 1 amide bonds. The number of anilines is 2. The Morgan fingerprint density at radius 3 is 2.08 bits per heavy atom. The van der Waals surface area contributed by atoms with E-state index in [2.05, 4.69) is 31.9 Å². The van der Waals surface area contributed by atoms with Crippen LogP contribution >= 0.6 is 0 Å². The molecule has 25 heavy (non-hydrogen) atoms. The zero-order valence-corrected chi connectivity index (χ0v) is 14.3. The van der Waals surface area contributed by atoms with E-state index in [0.717, 1.165) is 37.7 Å². The standard InChI is InChI=1S/C19H23N5O/c25-18(16-4-6-17(7-5-16)22-10-1-2-11-22)23-12-14-24(15-13-23)19-20-8-3-9-21-19/h3-9H,1-2,10-15H2. The van der Waals surface area contributed by atoms with Gasteiger partial charge in [0.1, 0.15) is 0 Å². The third kappa shape index (κ3) is 3.43. The van der Waals surface area contributed by atoms with Gasteiger partial charge >= 0.3 is 0 Å². The van der Waals surface area contributed by atoms with Crippen molar-refractivity contribution < 1.29 is 4.79 Å². The quantitative estimate of drug-likeness (QED) is 0.858. The highest BCUT2D eigenvalue weighted by molar-refractivity contribution is 5.94. The molecule has 2 fully saturated rings. The molecule has 2 saturated heterocycles. The van der Waals surface area contributed by atoms with Crippen molar-refractivity contribution in [1.29, 1.82) is 0 Å². The average Bonchev–Trinajstić information content (AvgIpc) is 3.23. The van der Waals surface area contributed by atoms with Crippen LogP contribution in [0.15, 0.2) is 42.7 Å². The van der Waals surface area contributed by atoms with Crippen LogP contribution in [0.4, 0.5) is 11.6 Å². The molecule has 0 spiro atoms. The van der Waals surface area contributed by atoms with Crippen molar-refractivity contribution in [1.82, 2.24) is 14.9 Å². The van der Waals surface area contributed by atoms with E-state index >= 15 is 0 Å². The molecule has 0 saturated carbocycles. The second-order valence-corrected chi connectivity index (χ2v) is 6.57. The van der Waals surface area contributed by atoms with Crippen LogP contribution in [0.2, 0.25) is 0 Å². The van der Waals surface area contributed by atoms with E-state index in [1.807, 2.05) is 23.1 Å². The zero-order chi connectivity index (χ0) is 17.1. The molecule has 0 atom stereocenters. The fraction of sp³-hybridized carbons (Fsp3) is 0.421. The molecule has 3 heterocycles. The summed E-state index contributed by atoms with van der Waals surface area (Å²) in [5.41, 5.74) is 1.99. The Labute approximate surface area is 148 Å². The summed E-state index contributed by atoms with van der Waals surface area (Å²) in [5, 5.41) is 0. The van der Waals surface area contributed by atoms with E-state index in [1.54, 1.807) is 12.4 Å². The first-order valence-electron chi connectivity index (χ1n) is 8.97. The average molecular weight is 337 g/mol. The maximum absolute atomic E-state index is 12.7. The van der Waals surface area contributed by atoms with Gasteiger partial charge in [-0.15, -0.1) is 0 Å². The molecule has 2 aromatic rings.